The van der Waals surface area contributed by atoms with Crippen molar-refractivity contribution in [3.63, 3.8) is 0 Å². The molecule has 0 fully saturated rings. The Hall–Kier alpha value is -3.54. The Bertz CT molecular complexity index is 1050. The Morgan fingerprint density at radius 2 is 1.70 bits per heavy atom. The number of carbonyl (C=O) groups is 2. The third-order valence-electron chi connectivity index (χ3n) is 4.83. The summed E-state index contributed by atoms with van der Waals surface area (Å²) in [5.41, 5.74) is 3.87. The van der Waals surface area contributed by atoms with Crippen LogP contribution in [0.4, 0.5) is 0 Å². The molecular weight excluding hydrogens is 380 g/mol. The summed E-state index contributed by atoms with van der Waals surface area (Å²) in [7, 11) is 1.57. The SMILES string of the molecule is CCOc1ccc(-n2c(C)cc(C(=O)COc3cccc(C(=O)NC)c3)c2C)cc1. The van der Waals surface area contributed by atoms with Crippen LogP contribution < -0.4 is 14.8 Å². The molecule has 1 heterocycles. The van der Waals surface area contributed by atoms with Gasteiger partial charge in [-0.25, -0.2) is 0 Å². The number of ketones is 1. The first-order valence-corrected chi connectivity index (χ1v) is 9.85. The van der Waals surface area contributed by atoms with Crippen molar-refractivity contribution in [1.82, 2.24) is 9.88 Å². The number of Topliss-reactive ketones (excluding diaryl/α,β-unsaturated/α-hetero) is 1. The number of aryl methyl sites for hydroxylation is 1. The molecule has 0 unspecified atom stereocenters. The van der Waals surface area contributed by atoms with E-state index in [2.05, 4.69) is 5.32 Å². The van der Waals surface area contributed by atoms with E-state index in [1.54, 1.807) is 31.3 Å². The molecule has 0 aliphatic rings. The molecule has 30 heavy (non-hydrogen) atoms. The van der Waals surface area contributed by atoms with Gasteiger partial charge in [0, 0.05) is 35.2 Å². The highest BCUT2D eigenvalue weighted by atomic mass is 16.5. The Labute approximate surface area is 176 Å². The van der Waals surface area contributed by atoms with Gasteiger partial charge in [-0.2, -0.15) is 0 Å². The summed E-state index contributed by atoms with van der Waals surface area (Å²) in [5.74, 6) is 0.966. The zero-order valence-electron chi connectivity index (χ0n) is 17.7. The lowest BCUT2D eigenvalue weighted by atomic mass is 10.1. The molecule has 3 aromatic rings. The Morgan fingerprint density at radius 1 is 0.967 bits per heavy atom. The quantitative estimate of drug-likeness (QED) is 0.572. The van der Waals surface area contributed by atoms with Crippen molar-refractivity contribution in [3.05, 3.63) is 77.1 Å². The van der Waals surface area contributed by atoms with Gasteiger partial charge >= 0.3 is 0 Å². The number of rotatable bonds is 8. The Balaban J connectivity index is 1.76. The van der Waals surface area contributed by atoms with Crippen LogP contribution in [0.25, 0.3) is 5.69 Å². The smallest absolute Gasteiger partial charge is 0.251 e. The fraction of sp³-hybridized carbons (Fsp3) is 0.250. The normalized spacial score (nSPS) is 10.5. The molecule has 156 valence electrons. The Morgan fingerprint density at radius 3 is 2.37 bits per heavy atom. The molecule has 0 saturated heterocycles. The standard InChI is InChI=1S/C24H26N2O4/c1-5-29-20-11-9-19(10-12-20)26-16(2)13-22(17(26)3)23(27)15-30-21-8-6-7-18(14-21)24(28)25-4/h6-14H,5,15H2,1-4H3,(H,25,28). The zero-order valence-corrected chi connectivity index (χ0v) is 17.7. The molecule has 0 radical (unpaired) electrons. The number of carbonyl (C=O) groups excluding carboxylic acids is 2. The first-order chi connectivity index (χ1) is 14.4. The van der Waals surface area contributed by atoms with Crippen LogP contribution in [0.15, 0.2) is 54.6 Å². The highest BCUT2D eigenvalue weighted by Gasteiger charge is 2.17. The summed E-state index contributed by atoms with van der Waals surface area (Å²) in [6, 6.07) is 16.4. The van der Waals surface area contributed by atoms with Crippen molar-refractivity contribution in [2.75, 3.05) is 20.3 Å². The minimum absolute atomic E-state index is 0.106. The average Bonchev–Trinajstić information content (AvgIpc) is 3.06. The number of hydrogen-bond acceptors (Lipinski definition) is 4. The van der Waals surface area contributed by atoms with Crippen LogP contribution >= 0.6 is 0 Å². The minimum atomic E-state index is -0.203. The van der Waals surface area contributed by atoms with Gasteiger partial charge in [0.25, 0.3) is 5.91 Å². The van der Waals surface area contributed by atoms with Crippen LogP contribution in [0.2, 0.25) is 0 Å². The summed E-state index contributed by atoms with van der Waals surface area (Å²) in [4.78, 5) is 24.6. The molecule has 6 heteroatoms. The molecule has 0 saturated carbocycles. The van der Waals surface area contributed by atoms with E-state index < -0.39 is 0 Å². The van der Waals surface area contributed by atoms with E-state index in [9.17, 15) is 9.59 Å². The first kappa shape index (κ1) is 21.2. The topological polar surface area (TPSA) is 69.6 Å². The van der Waals surface area contributed by atoms with Crippen molar-refractivity contribution in [2.24, 2.45) is 0 Å². The number of aromatic nitrogens is 1. The van der Waals surface area contributed by atoms with E-state index in [1.807, 2.05) is 55.7 Å². The summed E-state index contributed by atoms with van der Waals surface area (Å²) >= 11 is 0. The third-order valence-corrected chi connectivity index (χ3v) is 4.83. The highest BCUT2D eigenvalue weighted by Crippen LogP contribution is 2.23. The van der Waals surface area contributed by atoms with Gasteiger partial charge in [0.1, 0.15) is 11.5 Å². The summed E-state index contributed by atoms with van der Waals surface area (Å²) in [5, 5.41) is 2.57. The van der Waals surface area contributed by atoms with Crippen LogP contribution in [0.1, 0.15) is 39.0 Å². The maximum atomic E-state index is 12.8. The highest BCUT2D eigenvalue weighted by molar-refractivity contribution is 5.99. The number of hydrogen-bond donors (Lipinski definition) is 1. The molecule has 0 bridgehead atoms. The largest absolute Gasteiger partial charge is 0.494 e. The summed E-state index contributed by atoms with van der Waals surface area (Å²) in [6.45, 7) is 6.34. The fourth-order valence-electron chi connectivity index (χ4n) is 3.40. The zero-order chi connectivity index (χ0) is 21.7. The third kappa shape index (κ3) is 4.54. The lowest BCUT2D eigenvalue weighted by Crippen LogP contribution is -2.18. The van der Waals surface area contributed by atoms with Gasteiger partial charge in [-0.05, 0) is 69.3 Å². The monoisotopic (exact) mass is 406 g/mol. The van der Waals surface area contributed by atoms with E-state index in [-0.39, 0.29) is 18.3 Å². The van der Waals surface area contributed by atoms with Gasteiger partial charge in [-0.15, -0.1) is 0 Å². The molecule has 1 amide bonds. The molecule has 0 aliphatic carbocycles. The van der Waals surface area contributed by atoms with Crippen LogP contribution in [0.5, 0.6) is 11.5 Å². The number of nitrogens with zero attached hydrogens (tertiary/aromatic N) is 1. The van der Waals surface area contributed by atoms with E-state index in [0.29, 0.717) is 23.5 Å². The lowest BCUT2D eigenvalue weighted by molar-refractivity contribution is 0.0921. The van der Waals surface area contributed by atoms with Gasteiger partial charge in [0.05, 0.1) is 6.61 Å². The van der Waals surface area contributed by atoms with Crippen LogP contribution in [0.3, 0.4) is 0 Å². The van der Waals surface area contributed by atoms with E-state index >= 15 is 0 Å². The van der Waals surface area contributed by atoms with Gasteiger partial charge in [0.15, 0.2) is 6.61 Å². The van der Waals surface area contributed by atoms with E-state index in [0.717, 1.165) is 22.8 Å². The molecule has 0 aliphatic heterocycles. The second-order valence-electron chi connectivity index (χ2n) is 6.87. The number of benzene rings is 2. The molecule has 0 spiro atoms. The van der Waals surface area contributed by atoms with E-state index in [1.165, 1.54) is 0 Å². The lowest BCUT2D eigenvalue weighted by Gasteiger charge is -2.11. The van der Waals surface area contributed by atoms with Gasteiger partial charge < -0.3 is 19.4 Å². The molecule has 0 atom stereocenters. The summed E-state index contributed by atoms with van der Waals surface area (Å²) < 4.78 is 13.2. The number of amides is 1. The average molecular weight is 406 g/mol. The molecule has 2 aromatic carbocycles. The second-order valence-corrected chi connectivity index (χ2v) is 6.87. The van der Waals surface area contributed by atoms with Crippen molar-refractivity contribution >= 4 is 11.7 Å². The summed E-state index contributed by atoms with van der Waals surface area (Å²) in [6.07, 6.45) is 0. The number of ether oxygens (including phenoxy) is 2. The van der Waals surface area contributed by atoms with Crippen molar-refractivity contribution < 1.29 is 19.1 Å². The van der Waals surface area contributed by atoms with Crippen LogP contribution in [0, 0.1) is 13.8 Å². The first-order valence-electron chi connectivity index (χ1n) is 9.85. The predicted octanol–water partition coefficient (Wildman–Crippen LogP) is 4.11. The van der Waals surface area contributed by atoms with Gasteiger partial charge in [-0.1, -0.05) is 6.07 Å². The van der Waals surface area contributed by atoms with Gasteiger partial charge in [-0.3, -0.25) is 9.59 Å². The van der Waals surface area contributed by atoms with Crippen LogP contribution in [-0.2, 0) is 0 Å². The van der Waals surface area contributed by atoms with Crippen molar-refractivity contribution in [3.8, 4) is 17.2 Å². The molecule has 1 aromatic heterocycles. The van der Waals surface area contributed by atoms with Crippen LogP contribution in [-0.4, -0.2) is 36.5 Å². The maximum absolute atomic E-state index is 12.8. The number of nitrogens with one attached hydrogen (secondary N) is 1. The van der Waals surface area contributed by atoms with Crippen molar-refractivity contribution in [2.45, 2.75) is 20.8 Å². The molecule has 6 nitrogen and oxygen atoms in total. The Kier molecular flexibility index (Phi) is 6.57. The van der Waals surface area contributed by atoms with Gasteiger partial charge in [0.2, 0.25) is 5.78 Å². The molecule has 3 rings (SSSR count). The van der Waals surface area contributed by atoms with E-state index in [4.69, 9.17) is 9.47 Å². The minimum Gasteiger partial charge on any atom is -0.494 e. The second kappa shape index (κ2) is 9.31. The predicted molar refractivity (Wildman–Crippen MR) is 116 cm³/mol. The van der Waals surface area contributed by atoms with Crippen molar-refractivity contribution in [1.29, 1.82) is 0 Å². The molecular formula is C24H26N2O4. The maximum Gasteiger partial charge on any atom is 0.251 e. The fourth-order valence-corrected chi connectivity index (χ4v) is 3.40. The molecule has 1 N–H and O–H groups in total.